The second-order valence-electron chi connectivity index (χ2n) is 6.58. The number of anilines is 1. The molecule has 29 heavy (non-hydrogen) atoms. The summed E-state index contributed by atoms with van der Waals surface area (Å²) in [6.07, 6.45) is 4.43. The van der Waals surface area contributed by atoms with Crippen molar-refractivity contribution in [1.82, 2.24) is 9.78 Å². The van der Waals surface area contributed by atoms with Crippen molar-refractivity contribution >= 4 is 39.0 Å². The molecule has 0 unspecified atom stereocenters. The second kappa shape index (κ2) is 9.15. The molecule has 154 valence electrons. The highest BCUT2D eigenvalue weighted by Crippen LogP contribution is 2.25. The lowest BCUT2D eigenvalue weighted by molar-refractivity contribution is 0.585. The van der Waals surface area contributed by atoms with Crippen LogP contribution in [0.25, 0.3) is 0 Å². The summed E-state index contributed by atoms with van der Waals surface area (Å²) in [6, 6.07) is 11.1. The number of unbranched alkanes of at least 4 members (excludes halogenated alkanes) is 1. The zero-order valence-electron chi connectivity index (χ0n) is 15.7. The lowest BCUT2D eigenvalue weighted by Gasteiger charge is -2.08. The van der Waals surface area contributed by atoms with Gasteiger partial charge in [0, 0.05) is 16.8 Å². The fourth-order valence-electron chi connectivity index (χ4n) is 2.79. The number of sulfonamides is 1. The minimum Gasteiger partial charge on any atom is -0.264 e. The topological polar surface area (TPSA) is 64.0 Å². The second-order valence-corrected chi connectivity index (χ2v) is 9.07. The third kappa shape index (κ3) is 5.29. The standard InChI is InChI=1S/C20H20Cl2FN3O2S/c1-2-3-5-14-8-10-15(11-9-14)29(27,28)25-20-18(22)13-26(24-20)12-16-17(21)6-4-7-19(16)23/h4,6-11,13H,2-3,5,12H2,1H3,(H,24,25). The predicted octanol–water partition coefficient (Wildman–Crippen LogP) is 5.52. The van der Waals surface area contributed by atoms with Gasteiger partial charge in [0.15, 0.2) is 5.82 Å². The van der Waals surface area contributed by atoms with E-state index in [1.165, 1.54) is 23.0 Å². The Labute approximate surface area is 179 Å². The van der Waals surface area contributed by atoms with Crippen molar-refractivity contribution in [3.63, 3.8) is 0 Å². The normalized spacial score (nSPS) is 11.6. The number of aryl methyl sites for hydroxylation is 1. The predicted molar refractivity (Wildman–Crippen MR) is 114 cm³/mol. The number of hydrogen-bond donors (Lipinski definition) is 1. The largest absolute Gasteiger partial charge is 0.264 e. The Kier molecular flexibility index (Phi) is 6.82. The number of benzene rings is 2. The van der Waals surface area contributed by atoms with Crippen molar-refractivity contribution in [3.8, 4) is 0 Å². The lowest BCUT2D eigenvalue weighted by atomic mass is 10.1. The summed E-state index contributed by atoms with van der Waals surface area (Å²) in [7, 11) is -3.86. The number of rotatable bonds is 8. The minimum absolute atomic E-state index is 0.0130. The maximum absolute atomic E-state index is 14.0. The lowest BCUT2D eigenvalue weighted by Crippen LogP contribution is -2.14. The molecule has 0 amide bonds. The van der Waals surface area contributed by atoms with Crippen LogP contribution in [0.15, 0.2) is 53.6 Å². The van der Waals surface area contributed by atoms with Crippen molar-refractivity contribution in [2.24, 2.45) is 0 Å². The molecule has 0 aliphatic carbocycles. The van der Waals surface area contributed by atoms with Crippen molar-refractivity contribution in [1.29, 1.82) is 0 Å². The zero-order valence-corrected chi connectivity index (χ0v) is 18.0. The average molecular weight is 456 g/mol. The maximum atomic E-state index is 14.0. The van der Waals surface area contributed by atoms with Crippen LogP contribution in [-0.4, -0.2) is 18.2 Å². The van der Waals surface area contributed by atoms with Gasteiger partial charge in [-0.05, 0) is 42.7 Å². The number of nitrogens with zero attached hydrogens (tertiary/aromatic N) is 2. The van der Waals surface area contributed by atoms with Gasteiger partial charge in [0.05, 0.1) is 11.4 Å². The van der Waals surface area contributed by atoms with E-state index in [-0.39, 0.29) is 32.9 Å². The summed E-state index contributed by atoms with van der Waals surface area (Å²) in [6.45, 7) is 2.12. The van der Waals surface area contributed by atoms with Gasteiger partial charge in [0.25, 0.3) is 10.0 Å². The molecule has 1 heterocycles. The van der Waals surface area contributed by atoms with Crippen LogP contribution < -0.4 is 4.72 Å². The molecule has 1 N–H and O–H groups in total. The third-order valence-corrected chi connectivity index (χ3v) is 6.37. The molecular weight excluding hydrogens is 436 g/mol. The summed E-state index contributed by atoms with van der Waals surface area (Å²) in [5, 5.41) is 4.47. The molecule has 0 fully saturated rings. The number of halogens is 3. The first-order valence-electron chi connectivity index (χ1n) is 9.07. The van der Waals surface area contributed by atoms with Crippen LogP contribution >= 0.6 is 23.2 Å². The number of aromatic nitrogens is 2. The van der Waals surface area contributed by atoms with E-state index in [0.29, 0.717) is 0 Å². The molecule has 0 spiro atoms. The van der Waals surface area contributed by atoms with Crippen molar-refractivity contribution in [3.05, 3.63) is 75.7 Å². The van der Waals surface area contributed by atoms with Crippen LogP contribution in [0.2, 0.25) is 10.0 Å². The first-order chi connectivity index (χ1) is 13.8. The molecule has 0 aliphatic rings. The molecule has 0 atom stereocenters. The fraction of sp³-hybridized carbons (Fsp3) is 0.250. The van der Waals surface area contributed by atoms with Crippen LogP contribution in [0.3, 0.4) is 0 Å². The molecule has 0 saturated heterocycles. The molecule has 0 bridgehead atoms. The Morgan fingerprint density at radius 1 is 1.10 bits per heavy atom. The van der Waals surface area contributed by atoms with Crippen LogP contribution in [0.1, 0.15) is 30.9 Å². The molecule has 9 heteroatoms. The molecule has 1 aromatic heterocycles. The first kappa shape index (κ1) is 21.6. The summed E-state index contributed by atoms with van der Waals surface area (Å²) >= 11 is 12.2. The Morgan fingerprint density at radius 2 is 1.83 bits per heavy atom. The van der Waals surface area contributed by atoms with E-state index in [9.17, 15) is 12.8 Å². The van der Waals surface area contributed by atoms with E-state index in [4.69, 9.17) is 23.2 Å². The van der Waals surface area contributed by atoms with Crippen LogP contribution in [0.4, 0.5) is 10.2 Å². The SMILES string of the molecule is CCCCc1ccc(S(=O)(=O)Nc2nn(Cc3c(F)cccc3Cl)cc2Cl)cc1. The summed E-state index contributed by atoms with van der Waals surface area (Å²) in [5.41, 5.74) is 1.32. The quantitative estimate of drug-likeness (QED) is 0.486. The molecule has 3 aromatic rings. The Balaban J connectivity index is 1.78. The number of hydrogen-bond acceptors (Lipinski definition) is 3. The monoisotopic (exact) mass is 455 g/mol. The highest BCUT2D eigenvalue weighted by molar-refractivity contribution is 7.92. The molecule has 3 rings (SSSR count). The highest BCUT2D eigenvalue weighted by Gasteiger charge is 2.19. The van der Waals surface area contributed by atoms with Crippen LogP contribution in [-0.2, 0) is 23.0 Å². The Morgan fingerprint density at radius 3 is 2.48 bits per heavy atom. The molecule has 0 aliphatic heterocycles. The fourth-order valence-corrected chi connectivity index (χ4v) is 4.29. The molecular formula is C20H20Cl2FN3O2S. The van der Waals surface area contributed by atoms with Gasteiger partial charge in [0.2, 0.25) is 0 Å². The summed E-state index contributed by atoms with van der Waals surface area (Å²) < 4.78 is 43.0. The van der Waals surface area contributed by atoms with Gasteiger partial charge < -0.3 is 0 Å². The Hall–Kier alpha value is -2.09. The molecule has 0 saturated carbocycles. The van der Waals surface area contributed by atoms with Crippen molar-refractivity contribution < 1.29 is 12.8 Å². The van der Waals surface area contributed by atoms with Crippen molar-refractivity contribution in [2.45, 2.75) is 37.6 Å². The first-order valence-corrected chi connectivity index (χ1v) is 11.3. The third-order valence-electron chi connectivity index (χ3n) is 4.38. The molecule has 2 aromatic carbocycles. The van der Waals surface area contributed by atoms with Gasteiger partial charge in [-0.15, -0.1) is 0 Å². The maximum Gasteiger partial charge on any atom is 0.263 e. The van der Waals surface area contributed by atoms with Crippen LogP contribution in [0.5, 0.6) is 0 Å². The van der Waals surface area contributed by atoms with E-state index in [0.717, 1.165) is 24.8 Å². The van der Waals surface area contributed by atoms with Gasteiger partial charge in [0.1, 0.15) is 10.8 Å². The highest BCUT2D eigenvalue weighted by atomic mass is 35.5. The van der Waals surface area contributed by atoms with Gasteiger partial charge in [-0.2, -0.15) is 5.10 Å². The number of nitrogens with one attached hydrogen (secondary N) is 1. The van der Waals surface area contributed by atoms with E-state index < -0.39 is 15.8 Å². The van der Waals surface area contributed by atoms with Gasteiger partial charge in [-0.1, -0.05) is 54.7 Å². The molecule has 5 nitrogen and oxygen atoms in total. The zero-order chi connectivity index (χ0) is 21.0. The van der Waals surface area contributed by atoms with E-state index >= 15 is 0 Å². The van der Waals surface area contributed by atoms with E-state index in [1.54, 1.807) is 30.3 Å². The van der Waals surface area contributed by atoms with Gasteiger partial charge in [-0.3, -0.25) is 9.40 Å². The van der Waals surface area contributed by atoms with E-state index in [2.05, 4.69) is 16.7 Å². The average Bonchev–Trinajstić information content (AvgIpc) is 3.02. The van der Waals surface area contributed by atoms with Gasteiger partial charge >= 0.3 is 0 Å². The Bertz CT molecular complexity index is 1080. The van der Waals surface area contributed by atoms with E-state index in [1.807, 2.05) is 0 Å². The van der Waals surface area contributed by atoms with Crippen molar-refractivity contribution in [2.75, 3.05) is 4.72 Å². The minimum atomic E-state index is -3.86. The smallest absolute Gasteiger partial charge is 0.263 e. The summed E-state index contributed by atoms with van der Waals surface area (Å²) in [4.78, 5) is 0.112. The summed E-state index contributed by atoms with van der Waals surface area (Å²) in [5.74, 6) is -0.511. The molecule has 0 radical (unpaired) electrons. The van der Waals surface area contributed by atoms with Crippen LogP contribution in [0, 0.1) is 5.82 Å². The van der Waals surface area contributed by atoms with Gasteiger partial charge in [-0.25, -0.2) is 12.8 Å².